The van der Waals surface area contributed by atoms with Gasteiger partial charge in [0.1, 0.15) is 0 Å². The molecule has 0 aromatic carbocycles. The highest BCUT2D eigenvalue weighted by Gasteiger charge is 2.17. The molecule has 0 heterocycles. The van der Waals surface area contributed by atoms with Gasteiger partial charge in [0, 0.05) is 21.8 Å². The van der Waals surface area contributed by atoms with E-state index in [2.05, 4.69) is 16.0 Å². The maximum absolute atomic E-state index is 11.7. The van der Waals surface area contributed by atoms with Gasteiger partial charge in [0.25, 0.3) is 0 Å². The van der Waals surface area contributed by atoms with Gasteiger partial charge >= 0.3 is 0 Å². The van der Waals surface area contributed by atoms with Gasteiger partial charge in [-0.1, -0.05) is 66.2 Å². The number of rotatable bonds is 16. The van der Waals surface area contributed by atoms with Crippen LogP contribution < -0.4 is 0 Å². The fourth-order valence-electron chi connectivity index (χ4n) is 3.08. The summed E-state index contributed by atoms with van der Waals surface area (Å²) in [5.74, 6) is 0.0978. The Balaban J connectivity index is 4.59. The van der Waals surface area contributed by atoms with Crippen LogP contribution in [0.15, 0.2) is 71.9 Å². The Bertz CT molecular complexity index is 735. The molecule has 0 aromatic rings. The molecular weight excluding hydrogens is 438 g/mol. The third-order valence-electron chi connectivity index (χ3n) is 4.87. The van der Waals surface area contributed by atoms with Crippen molar-refractivity contribution in [3.05, 3.63) is 71.9 Å². The van der Waals surface area contributed by atoms with Crippen LogP contribution in [-0.4, -0.2) is 28.8 Å². The van der Waals surface area contributed by atoms with Gasteiger partial charge in [-0.05, 0) is 53.0 Å². The van der Waals surface area contributed by atoms with Crippen molar-refractivity contribution in [3.8, 4) is 0 Å². The van der Waals surface area contributed by atoms with Crippen molar-refractivity contribution in [3.63, 3.8) is 0 Å². The quantitative estimate of drug-likeness (QED) is 0.111. The molecule has 0 aliphatic rings. The maximum atomic E-state index is 11.7. The van der Waals surface area contributed by atoms with E-state index >= 15 is 0 Å². The molecule has 0 aromatic heterocycles. The summed E-state index contributed by atoms with van der Waals surface area (Å²) >= 11 is 0. The van der Waals surface area contributed by atoms with Gasteiger partial charge < -0.3 is 9.63 Å². The van der Waals surface area contributed by atoms with Crippen molar-refractivity contribution < 1.29 is 19.0 Å². The Morgan fingerprint density at radius 1 is 1.22 bits per heavy atom. The van der Waals surface area contributed by atoms with E-state index in [1.165, 1.54) is 0 Å². The summed E-state index contributed by atoms with van der Waals surface area (Å²) < 4.78 is 16.4. The number of aliphatic hydroxyl groups excluding tert-OH is 1. The molecule has 0 amide bonds. The lowest BCUT2D eigenvalue weighted by Gasteiger charge is -2.17. The van der Waals surface area contributed by atoms with E-state index in [9.17, 15) is 14.5 Å². The van der Waals surface area contributed by atoms with E-state index in [1.54, 1.807) is 12.2 Å². The first kappa shape index (κ1) is 30.6. The maximum Gasteiger partial charge on any atom is 0.165 e. The van der Waals surface area contributed by atoms with Gasteiger partial charge in [-0.25, -0.2) is 0 Å². The van der Waals surface area contributed by atoms with E-state index < -0.39 is 6.10 Å². The molecule has 1 N–H and O–H groups in total. The van der Waals surface area contributed by atoms with E-state index in [1.807, 2.05) is 71.1 Å². The molecule has 0 bridgehead atoms. The first-order valence-corrected chi connectivity index (χ1v) is 12.3. The van der Waals surface area contributed by atoms with Crippen LogP contribution in [0, 0.1) is 5.92 Å². The zero-order valence-corrected chi connectivity index (χ0v) is 22.2. The lowest BCUT2D eigenvalue weighted by Crippen LogP contribution is -2.19. The second-order valence-electron chi connectivity index (χ2n) is 8.36. The van der Waals surface area contributed by atoms with Gasteiger partial charge in [0.15, 0.2) is 14.2 Å². The average Bonchev–Trinajstić information content (AvgIpc) is 2.72. The van der Waals surface area contributed by atoms with Crippen LogP contribution in [0.1, 0.15) is 60.3 Å². The zero-order chi connectivity index (χ0) is 24.5. The SMILES string of the molecule is C=C[C@@H](P=O)[C@@H](CC/C=C/C=C(\C)C[C@@H](O)[C@H](C)/C=C(C)/C=C/CC(=O)C=C(C)C)OP. The fourth-order valence-corrected chi connectivity index (χ4v) is 3.96. The number of carbonyl (C=O) groups is 1. The summed E-state index contributed by atoms with van der Waals surface area (Å²) in [6.07, 6.45) is 17.1. The van der Waals surface area contributed by atoms with Gasteiger partial charge in [-0.15, -0.1) is 6.58 Å². The Morgan fingerprint density at radius 3 is 2.47 bits per heavy atom. The predicted molar refractivity (Wildman–Crippen MR) is 140 cm³/mol. The molecule has 0 saturated heterocycles. The molecule has 6 heteroatoms. The van der Waals surface area contributed by atoms with Crippen LogP contribution in [0.2, 0.25) is 0 Å². The molecular formula is C26H40O4P2. The smallest absolute Gasteiger partial charge is 0.165 e. The number of allylic oxidation sites excluding steroid dienone is 8. The number of hydrogen-bond donors (Lipinski definition) is 1. The van der Waals surface area contributed by atoms with Crippen molar-refractivity contribution in [1.29, 1.82) is 0 Å². The molecule has 0 aliphatic carbocycles. The molecule has 0 rings (SSSR count). The Morgan fingerprint density at radius 2 is 1.91 bits per heavy atom. The third-order valence-corrected chi connectivity index (χ3v) is 6.00. The van der Waals surface area contributed by atoms with Gasteiger partial charge in [-0.2, -0.15) is 0 Å². The van der Waals surface area contributed by atoms with E-state index in [-0.39, 0.29) is 31.9 Å². The predicted octanol–water partition coefficient (Wildman–Crippen LogP) is 7.11. The minimum Gasteiger partial charge on any atom is -0.392 e. The molecule has 178 valence electrons. The fraction of sp³-hybridized carbons (Fsp3) is 0.500. The van der Waals surface area contributed by atoms with Gasteiger partial charge in [-0.3, -0.25) is 9.36 Å². The molecule has 32 heavy (non-hydrogen) atoms. The van der Waals surface area contributed by atoms with Crippen molar-refractivity contribution in [1.82, 2.24) is 0 Å². The lowest BCUT2D eigenvalue weighted by atomic mass is 9.96. The highest BCUT2D eigenvalue weighted by atomic mass is 31.1. The molecule has 0 radical (unpaired) electrons. The minimum atomic E-state index is -0.477. The standard InChI is InChI=1S/C26H40O4P2/c1-7-26(32-29)25(30-31)15-10-8-9-12-21(5)18-24(28)22(6)17-20(4)13-11-14-23(27)16-19(2)3/h7-9,11-13,16-17,22,24-26,28H,1,10,14-15,18,31H2,2-6H3/b9-8+,13-11+,20-17+,21-12+/t22-,24-,25-,26-/m1/s1. The van der Waals surface area contributed by atoms with Crippen molar-refractivity contribution >= 4 is 23.7 Å². The second kappa shape index (κ2) is 18.0. The summed E-state index contributed by atoms with van der Waals surface area (Å²) in [4.78, 5) is 11.7. The second-order valence-corrected chi connectivity index (χ2v) is 9.44. The van der Waals surface area contributed by atoms with E-state index in [4.69, 9.17) is 4.52 Å². The summed E-state index contributed by atoms with van der Waals surface area (Å²) in [7, 11) is 2.25. The molecule has 1 unspecified atom stereocenters. The first-order valence-electron chi connectivity index (χ1n) is 11.0. The highest BCUT2D eigenvalue weighted by Crippen LogP contribution is 2.22. The molecule has 0 spiro atoms. The monoisotopic (exact) mass is 478 g/mol. The lowest BCUT2D eigenvalue weighted by molar-refractivity contribution is -0.113. The summed E-state index contributed by atoms with van der Waals surface area (Å²) in [5, 5.41) is 10.5. The van der Waals surface area contributed by atoms with Crippen LogP contribution in [0.25, 0.3) is 0 Å². The Labute approximate surface area is 198 Å². The summed E-state index contributed by atoms with van der Waals surface area (Å²) in [6, 6.07) is 0. The van der Waals surface area contributed by atoms with Gasteiger partial charge in [0.05, 0.1) is 17.9 Å². The van der Waals surface area contributed by atoms with E-state index in [0.717, 1.165) is 29.6 Å². The largest absolute Gasteiger partial charge is 0.392 e. The summed E-state index contributed by atoms with van der Waals surface area (Å²) in [6.45, 7) is 13.5. The molecule has 4 nitrogen and oxygen atoms in total. The molecule has 0 saturated carbocycles. The highest BCUT2D eigenvalue weighted by molar-refractivity contribution is 7.25. The molecule has 0 fully saturated rings. The third kappa shape index (κ3) is 14.6. The topological polar surface area (TPSA) is 63.6 Å². The minimum absolute atomic E-state index is 0.00233. The zero-order valence-electron chi connectivity index (χ0n) is 20.2. The van der Waals surface area contributed by atoms with Crippen molar-refractivity contribution in [2.75, 3.05) is 0 Å². The normalized spacial score (nSPS) is 16.8. The van der Waals surface area contributed by atoms with Crippen LogP contribution in [0.4, 0.5) is 0 Å². The van der Waals surface area contributed by atoms with Gasteiger partial charge in [0.2, 0.25) is 0 Å². The van der Waals surface area contributed by atoms with Crippen molar-refractivity contribution in [2.45, 2.75) is 78.2 Å². The number of aliphatic hydroxyl groups is 1. The number of carbonyl (C=O) groups excluding carboxylic acids is 1. The van der Waals surface area contributed by atoms with Crippen LogP contribution in [-0.2, 0) is 13.9 Å². The van der Waals surface area contributed by atoms with Crippen LogP contribution in [0.3, 0.4) is 0 Å². The average molecular weight is 479 g/mol. The number of ketones is 1. The van der Waals surface area contributed by atoms with Crippen LogP contribution in [0.5, 0.6) is 0 Å². The molecule has 0 aliphatic heterocycles. The Hall–Kier alpha value is -1.44. The number of hydrogen-bond acceptors (Lipinski definition) is 4. The van der Waals surface area contributed by atoms with Crippen LogP contribution >= 0.6 is 17.9 Å². The molecule has 5 atom stereocenters. The van der Waals surface area contributed by atoms with E-state index in [0.29, 0.717) is 12.8 Å². The van der Waals surface area contributed by atoms with Crippen molar-refractivity contribution in [2.24, 2.45) is 5.92 Å². The first-order chi connectivity index (χ1) is 15.1. The summed E-state index contributed by atoms with van der Waals surface area (Å²) in [5.41, 5.74) is 2.92. The Kier molecular flexibility index (Phi) is 17.2.